The van der Waals surface area contributed by atoms with Crippen molar-refractivity contribution in [2.45, 2.75) is 25.8 Å². The summed E-state index contributed by atoms with van der Waals surface area (Å²) in [6.07, 6.45) is 2.02. The topological polar surface area (TPSA) is 80.0 Å². The average molecular weight is 255 g/mol. The van der Waals surface area contributed by atoms with Crippen LogP contribution in [0.3, 0.4) is 0 Å². The van der Waals surface area contributed by atoms with E-state index in [9.17, 15) is 4.79 Å². The number of halogens is 1. The van der Waals surface area contributed by atoms with Gasteiger partial charge in [-0.15, -0.1) is 0 Å². The smallest absolute Gasteiger partial charge is 0.271 e. The number of pyridine rings is 1. The van der Waals surface area contributed by atoms with E-state index in [1.165, 1.54) is 0 Å². The lowest BCUT2D eigenvalue weighted by Crippen LogP contribution is -2.43. The second kappa shape index (κ2) is 4.89. The lowest BCUT2D eigenvalue weighted by atomic mass is 9.82. The van der Waals surface area contributed by atoms with Gasteiger partial charge in [0, 0.05) is 6.04 Å². The maximum atomic E-state index is 11.9. The molecule has 0 aliphatic heterocycles. The number of hydrogen-bond donors (Lipinski definition) is 3. The van der Waals surface area contributed by atoms with Crippen molar-refractivity contribution in [2.75, 3.05) is 5.43 Å². The molecule has 0 atom stereocenters. The summed E-state index contributed by atoms with van der Waals surface area (Å²) in [6, 6.07) is 3.46. The number of rotatable bonds is 3. The van der Waals surface area contributed by atoms with Crippen LogP contribution in [0.1, 0.15) is 30.3 Å². The molecule has 1 fully saturated rings. The van der Waals surface area contributed by atoms with Gasteiger partial charge in [-0.25, -0.2) is 10.8 Å². The Bertz CT molecular complexity index is 431. The van der Waals surface area contributed by atoms with Crippen LogP contribution in [0.2, 0.25) is 5.02 Å². The maximum Gasteiger partial charge on any atom is 0.271 e. The highest BCUT2D eigenvalue weighted by atomic mass is 35.5. The second-order valence-electron chi connectivity index (χ2n) is 4.42. The Morgan fingerprint density at radius 3 is 2.82 bits per heavy atom. The zero-order valence-electron chi connectivity index (χ0n) is 9.53. The Morgan fingerprint density at radius 2 is 2.24 bits per heavy atom. The Balaban J connectivity index is 2.07. The molecule has 6 heteroatoms. The van der Waals surface area contributed by atoms with Crippen LogP contribution >= 0.6 is 11.6 Å². The zero-order chi connectivity index (χ0) is 12.4. The van der Waals surface area contributed by atoms with Crippen molar-refractivity contribution in [3.05, 3.63) is 22.8 Å². The Labute approximate surface area is 105 Å². The predicted octanol–water partition coefficient (Wildman–Crippen LogP) is 1.55. The van der Waals surface area contributed by atoms with Crippen molar-refractivity contribution in [1.29, 1.82) is 0 Å². The summed E-state index contributed by atoms with van der Waals surface area (Å²) in [6.45, 7) is 2.16. The number of amides is 1. The number of hydrogen-bond acceptors (Lipinski definition) is 4. The number of nitrogens with one attached hydrogen (secondary N) is 2. The van der Waals surface area contributed by atoms with E-state index in [0.717, 1.165) is 12.8 Å². The fourth-order valence-corrected chi connectivity index (χ4v) is 2.15. The molecule has 1 aromatic heterocycles. The van der Waals surface area contributed by atoms with Gasteiger partial charge >= 0.3 is 0 Å². The van der Waals surface area contributed by atoms with Crippen LogP contribution in [0.25, 0.3) is 0 Å². The van der Waals surface area contributed by atoms with E-state index in [1.807, 2.05) is 0 Å². The lowest BCUT2D eigenvalue weighted by Gasteiger charge is -2.33. The molecule has 0 aromatic carbocycles. The molecule has 0 bridgehead atoms. The molecule has 0 radical (unpaired) electrons. The normalized spacial score (nSPS) is 22.8. The first kappa shape index (κ1) is 12.1. The van der Waals surface area contributed by atoms with Crippen molar-refractivity contribution in [3.8, 4) is 0 Å². The first-order valence-corrected chi connectivity index (χ1v) is 5.92. The van der Waals surface area contributed by atoms with Crippen molar-refractivity contribution in [2.24, 2.45) is 11.8 Å². The van der Waals surface area contributed by atoms with E-state index in [2.05, 4.69) is 22.7 Å². The summed E-state index contributed by atoms with van der Waals surface area (Å²) < 4.78 is 0. The maximum absolute atomic E-state index is 11.9. The Morgan fingerprint density at radius 1 is 1.53 bits per heavy atom. The highest BCUT2D eigenvalue weighted by Crippen LogP contribution is 2.27. The van der Waals surface area contributed by atoms with Gasteiger partial charge in [0.05, 0.1) is 5.02 Å². The SMILES string of the molecule is CC1CC(NC(=O)c2nc(NN)ccc2Cl)C1. The minimum absolute atomic E-state index is 0.210. The van der Waals surface area contributed by atoms with E-state index in [-0.39, 0.29) is 17.6 Å². The fraction of sp³-hybridized carbons (Fsp3) is 0.455. The van der Waals surface area contributed by atoms with Crippen molar-refractivity contribution < 1.29 is 4.79 Å². The molecule has 0 unspecified atom stereocenters. The van der Waals surface area contributed by atoms with Crippen LogP contribution in [0.4, 0.5) is 5.82 Å². The molecule has 5 nitrogen and oxygen atoms in total. The first-order chi connectivity index (χ1) is 8.10. The van der Waals surface area contributed by atoms with Crippen LogP contribution in [-0.4, -0.2) is 16.9 Å². The van der Waals surface area contributed by atoms with Gasteiger partial charge in [-0.2, -0.15) is 0 Å². The molecule has 0 saturated heterocycles. The van der Waals surface area contributed by atoms with Gasteiger partial charge in [-0.1, -0.05) is 18.5 Å². The van der Waals surface area contributed by atoms with Crippen LogP contribution in [0, 0.1) is 5.92 Å². The van der Waals surface area contributed by atoms with Crippen LogP contribution in [-0.2, 0) is 0 Å². The largest absolute Gasteiger partial charge is 0.348 e. The summed E-state index contributed by atoms with van der Waals surface area (Å²) in [5.41, 5.74) is 2.60. The molecule has 1 amide bonds. The van der Waals surface area contributed by atoms with E-state index in [0.29, 0.717) is 16.8 Å². The number of nitrogen functional groups attached to an aromatic ring is 1. The molecular formula is C11H15ClN4O. The number of carbonyl (C=O) groups is 1. The number of nitrogens with zero attached hydrogens (tertiary/aromatic N) is 1. The molecular weight excluding hydrogens is 240 g/mol. The minimum Gasteiger partial charge on any atom is -0.348 e. The summed E-state index contributed by atoms with van der Waals surface area (Å²) in [5, 5.41) is 3.23. The number of aromatic nitrogens is 1. The molecule has 92 valence electrons. The molecule has 1 saturated carbocycles. The standard InChI is InChI=1S/C11H15ClN4O/c1-6-4-7(5-6)14-11(17)10-8(12)2-3-9(15-10)16-13/h2-3,6-7H,4-5,13H2,1H3,(H,14,17)(H,15,16). The van der Waals surface area contributed by atoms with Gasteiger partial charge < -0.3 is 10.7 Å². The van der Waals surface area contributed by atoms with Gasteiger partial charge in [0.15, 0.2) is 0 Å². The molecule has 17 heavy (non-hydrogen) atoms. The number of anilines is 1. The van der Waals surface area contributed by atoms with Crippen LogP contribution < -0.4 is 16.6 Å². The third kappa shape index (κ3) is 2.68. The highest BCUT2D eigenvalue weighted by molar-refractivity contribution is 6.33. The van der Waals surface area contributed by atoms with E-state index >= 15 is 0 Å². The van der Waals surface area contributed by atoms with Crippen LogP contribution in [0.15, 0.2) is 12.1 Å². The minimum atomic E-state index is -0.246. The van der Waals surface area contributed by atoms with E-state index in [4.69, 9.17) is 17.4 Å². The van der Waals surface area contributed by atoms with Gasteiger partial charge in [0.25, 0.3) is 5.91 Å². The number of nitrogens with two attached hydrogens (primary N) is 1. The molecule has 1 heterocycles. The van der Waals surface area contributed by atoms with Crippen LogP contribution in [0.5, 0.6) is 0 Å². The van der Waals surface area contributed by atoms with Crippen molar-refractivity contribution >= 4 is 23.3 Å². The van der Waals surface area contributed by atoms with Gasteiger partial charge in [-0.3, -0.25) is 4.79 Å². The first-order valence-electron chi connectivity index (χ1n) is 5.54. The molecule has 4 N–H and O–H groups in total. The summed E-state index contributed by atoms with van der Waals surface area (Å²) in [7, 11) is 0. The summed E-state index contributed by atoms with van der Waals surface area (Å²) in [4.78, 5) is 16.0. The molecule has 1 aliphatic carbocycles. The van der Waals surface area contributed by atoms with Gasteiger partial charge in [0.2, 0.25) is 0 Å². The molecule has 0 spiro atoms. The Hall–Kier alpha value is -1.33. The molecule has 2 rings (SSSR count). The number of hydrazine groups is 1. The third-order valence-corrected chi connectivity index (χ3v) is 3.22. The fourth-order valence-electron chi connectivity index (χ4n) is 1.96. The van der Waals surface area contributed by atoms with Crippen molar-refractivity contribution in [3.63, 3.8) is 0 Å². The lowest BCUT2D eigenvalue weighted by molar-refractivity contribution is 0.0891. The molecule has 1 aliphatic rings. The zero-order valence-corrected chi connectivity index (χ0v) is 10.3. The second-order valence-corrected chi connectivity index (χ2v) is 4.83. The monoisotopic (exact) mass is 254 g/mol. The number of carbonyl (C=O) groups excluding carboxylic acids is 1. The van der Waals surface area contributed by atoms with Gasteiger partial charge in [-0.05, 0) is 30.9 Å². The van der Waals surface area contributed by atoms with Gasteiger partial charge in [0.1, 0.15) is 11.5 Å². The van der Waals surface area contributed by atoms with E-state index in [1.54, 1.807) is 12.1 Å². The quantitative estimate of drug-likeness (QED) is 0.565. The average Bonchev–Trinajstić information content (AvgIpc) is 2.27. The summed E-state index contributed by atoms with van der Waals surface area (Å²) >= 11 is 5.93. The van der Waals surface area contributed by atoms with E-state index < -0.39 is 0 Å². The highest BCUT2D eigenvalue weighted by Gasteiger charge is 2.27. The third-order valence-electron chi connectivity index (χ3n) is 2.92. The van der Waals surface area contributed by atoms with Crippen molar-refractivity contribution in [1.82, 2.24) is 10.3 Å². The predicted molar refractivity (Wildman–Crippen MR) is 66.7 cm³/mol. The Kier molecular flexibility index (Phi) is 3.49. The molecule has 1 aromatic rings. The summed E-state index contributed by atoms with van der Waals surface area (Å²) in [5.74, 6) is 6.09.